The van der Waals surface area contributed by atoms with Gasteiger partial charge < -0.3 is 14.2 Å². The molecule has 116 valence electrons. The second-order valence-corrected chi connectivity index (χ2v) is 5.29. The summed E-state index contributed by atoms with van der Waals surface area (Å²) >= 11 is 0. The Hall–Kier alpha value is -1.81. The lowest BCUT2D eigenvalue weighted by Gasteiger charge is -2.08. The Morgan fingerprint density at radius 3 is 2.48 bits per heavy atom. The number of esters is 1. The highest BCUT2D eigenvalue weighted by Crippen LogP contribution is 2.13. The molecule has 4 heteroatoms. The maximum atomic E-state index is 11.3. The molecule has 0 aromatic heterocycles. The Labute approximate surface area is 126 Å². The van der Waals surface area contributed by atoms with E-state index in [9.17, 15) is 4.79 Å². The van der Waals surface area contributed by atoms with E-state index in [1.807, 2.05) is 13.0 Å². The summed E-state index contributed by atoms with van der Waals surface area (Å²) in [5.41, 5.74) is 1.65. The summed E-state index contributed by atoms with van der Waals surface area (Å²) in [4.78, 5) is 11.3. The van der Waals surface area contributed by atoms with Gasteiger partial charge in [-0.1, -0.05) is 13.8 Å². The smallest absolute Gasteiger partial charge is 0.337 e. The average Bonchev–Trinajstić information content (AvgIpc) is 2.46. The molecule has 0 heterocycles. The van der Waals surface area contributed by atoms with Gasteiger partial charge in [-0.25, -0.2) is 4.79 Å². The van der Waals surface area contributed by atoms with E-state index in [1.165, 1.54) is 7.11 Å². The van der Waals surface area contributed by atoms with Crippen molar-refractivity contribution in [2.75, 3.05) is 26.9 Å². The highest BCUT2D eigenvalue weighted by atomic mass is 16.5. The molecular formula is C17H24O4. The second-order valence-electron chi connectivity index (χ2n) is 5.29. The van der Waals surface area contributed by atoms with Gasteiger partial charge in [-0.05, 0) is 48.8 Å². The van der Waals surface area contributed by atoms with Crippen LogP contribution < -0.4 is 4.74 Å². The Balaban J connectivity index is 2.36. The minimum atomic E-state index is -0.348. The van der Waals surface area contributed by atoms with E-state index < -0.39 is 0 Å². The van der Waals surface area contributed by atoms with E-state index in [-0.39, 0.29) is 5.97 Å². The molecule has 0 unspecified atom stereocenters. The predicted octanol–water partition coefficient (Wildman–Crippen LogP) is 3.47. The van der Waals surface area contributed by atoms with Crippen LogP contribution in [-0.2, 0) is 9.47 Å². The minimum absolute atomic E-state index is 0.348. The average molecular weight is 292 g/mol. The van der Waals surface area contributed by atoms with E-state index in [2.05, 4.69) is 18.6 Å². The van der Waals surface area contributed by atoms with Gasteiger partial charge in [-0.3, -0.25) is 0 Å². The largest absolute Gasteiger partial charge is 0.490 e. The Bertz CT molecular complexity index is 460. The van der Waals surface area contributed by atoms with Crippen LogP contribution in [0.4, 0.5) is 0 Å². The van der Waals surface area contributed by atoms with Crippen LogP contribution in [-0.4, -0.2) is 32.9 Å². The first kappa shape index (κ1) is 17.2. The molecule has 0 spiro atoms. The SMILES string of the molecule is COC(=O)c1ccc(OCC=C(C)COCC(C)C)cc1. The molecular weight excluding hydrogens is 268 g/mol. The number of hydrogen-bond acceptors (Lipinski definition) is 4. The van der Waals surface area contributed by atoms with Gasteiger partial charge in [-0.2, -0.15) is 0 Å². The zero-order valence-corrected chi connectivity index (χ0v) is 13.2. The molecule has 0 saturated heterocycles. The summed E-state index contributed by atoms with van der Waals surface area (Å²) in [6, 6.07) is 6.88. The van der Waals surface area contributed by atoms with E-state index in [0.29, 0.717) is 24.7 Å². The maximum absolute atomic E-state index is 11.3. The van der Waals surface area contributed by atoms with E-state index in [4.69, 9.17) is 9.47 Å². The van der Waals surface area contributed by atoms with Gasteiger partial charge in [0.25, 0.3) is 0 Å². The van der Waals surface area contributed by atoms with Gasteiger partial charge in [-0.15, -0.1) is 0 Å². The first-order valence-corrected chi connectivity index (χ1v) is 7.07. The second kappa shape index (κ2) is 9.19. The molecule has 0 radical (unpaired) electrons. The molecule has 0 N–H and O–H groups in total. The number of rotatable bonds is 8. The molecule has 1 aromatic carbocycles. The van der Waals surface area contributed by atoms with E-state index >= 15 is 0 Å². The van der Waals surface area contributed by atoms with Gasteiger partial charge in [0.05, 0.1) is 19.3 Å². The Kier molecular flexibility index (Phi) is 7.54. The molecule has 0 aliphatic rings. The molecule has 1 aromatic rings. The van der Waals surface area contributed by atoms with Crippen LogP contribution in [0.3, 0.4) is 0 Å². The standard InChI is InChI=1S/C17H24O4/c1-13(2)11-20-12-14(3)9-10-21-16-7-5-15(6-8-16)17(18)19-4/h5-9,13H,10-12H2,1-4H3. The highest BCUT2D eigenvalue weighted by molar-refractivity contribution is 5.89. The maximum Gasteiger partial charge on any atom is 0.337 e. The van der Waals surface area contributed by atoms with Gasteiger partial charge in [0.1, 0.15) is 12.4 Å². The fraction of sp³-hybridized carbons (Fsp3) is 0.471. The fourth-order valence-corrected chi connectivity index (χ4v) is 1.60. The van der Waals surface area contributed by atoms with E-state index in [0.717, 1.165) is 17.9 Å². The topological polar surface area (TPSA) is 44.8 Å². The van der Waals surface area contributed by atoms with Crippen molar-refractivity contribution in [3.63, 3.8) is 0 Å². The molecule has 0 saturated carbocycles. The van der Waals surface area contributed by atoms with Crippen molar-refractivity contribution in [1.82, 2.24) is 0 Å². The third kappa shape index (κ3) is 6.95. The highest BCUT2D eigenvalue weighted by Gasteiger charge is 2.04. The summed E-state index contributed by atoms with van der Waals surface area (Å²) in [5, 5.41) is 0. The van der Waals surface area contributed by atoms with Gasteiger partial charge in [0.15, 0.2) is 0 Å². The Morgan fingerprint density at radius 1 is 1.24 bits per heavy atom. The molecule has 21 heavy (non-hydrogen) atoms. The molecule has 0 amide bonds. The molecule has 0 atom stereocenters. The van der Waals surface area contributed by atoms with Crippen molar-refractivity contribution in [1.29, 1.82) is 0 Å². The zero-order chi connectivity index (χ0) is 15.7. The van der Waals surface area contributed by atoms with Gasteiger partial charge in [0.2, 0.25) is 0 Å². The van der Waals surface area contributed by atoms with Crippen LogP contribution in [0.2, 0.25) is 0 Å². The number of benzene rings is 1. The van der Waals surface area contributed by atoms with Crippen LogP contribution in [0.5, 0.6) is 5.75 Å². The minimum Gasteiger partial charge on any atom is -0.490 e. The molecule has 0 aliphatic heterocycles. The third-order valence-corrected chi connectivity index (χ3v) is 2.74. The summed E-state index contributed by atoms with van der Waals surface area (Å²) in [6.07, 6.45) is 1.99. The molecule has 0 aliphatic carbocycles. The zero-order valence-electron chi connectivity index (χ0n) is 13.2. The lowest BCUT2D eigenvalue weighted by Crippen LogP contribution is -2.05. The number of carbonyl (C=O) groups excluding carboxylic acids is 1. The van der Waals surface area contributed by atoms with E-state index in [1.54, 1.807) is 24.3 Å². The van der Waals surface area contributed by atoms with Crippen molar-refractivity contribution in [2.45, 2.75) is 20.8 Å². The molecule has 4 nitrogen and oxygen atoms in total. The van der Waals surface area contributed by atoms with Crippen LogP contribution >= 0.6 is 0 Å². The van der Waals surface area contributed by atoms with Crippen molar-refractivity contribution in [2.24, 2.45) is 5.92 Å². The summed E-state index contributed by atoms with van der Waals surface area (Å²) < 4.78 is 15.8. The monoisotopic (exact) mass is 292 g/mol. The number of ether oxygens (including phenoxy) is 3. The fourth-order valence-electron chi connectivity index (χ4n) is 1.60. The van der Waals surface area contributed by atoms with Crippen molar-refractivity contribution in [3.8, 4) is 5.75 Å². The molecule has 0 bridgehead atoms. The summed E-state index contributed by atoms with van der Waals surface area (Å²) in [5.74, 6) is 0.914. The summed E-state index contributed by atoms with van der Waals surface area (Å²) in [7, 11) is 1.36. The normalized spacial score (nSPS) is 11.6. The third-order valence-electron chi connectivity index (χ3n) is 2.74. The quantitative estimate of drug-likeness (QED) is 0.543. The number of methoxy groups -OCH3 is 1. The Morgan fingerprint density at radius 2 is 1.90 bits per heavy atom. The lowest BCUT2D eigenvalue weighted by molar-refractivity contribution is 0.0600. The molecule has 0 fully saturated rings. The van der Waals surface area contributed by atoms with Crippen molar-refractivity contribution >= 4 is 5.97 Å². The van der Waals surface area contributed by atoms with Crippen molar-refractivity contribution < 1.29 is 19.0 Å². The number of hydrogen-bond donors (Lipinski definition) is 0. The lowest BCUT2D eigenvalue weighted by atomic mass is 10.2. The van der Waals surface area contributed by atoms with Crippen LogP contribution in [0.15, 0.2) is 35.9 Å². The van der Waals surface area contributed by atoms with Gasteiger partial charge in [0, 0.05) is 6.61 Å². The van der Waals surface area contributed by atoms with Crippen LogP contribution in [0.1, 0.15) is 31.1 Å². The predicted molar refractivity (Wildman–Crippen MR) is 82.7 cm³/mol. The first-order chi connectivity index (χ1) is 10.0. The first-order valence-electron chi connectivity index (χ1n) is 7.07. The summed E-state index contributed by atoms with van der Waals surface area (Å²) in [6.45, 7) is 8.14. The number of carbonyl (C=O) groups is 1. The van der Waals surface area contributed by atoms with Gasteiger partial charge >= 0.3 is 5.97 Å². The van der Waals surface area contributed by atoms with Crippen LogP contribution in [0, 0.1) is 5.92 Å². The molecule has 1 rings (SSSR count). The van der Waals surface area contributed by atoms with Crippen LogP contribution in [0.25, 0.3) is 0 Å². The van der Waals surface area contributed by atoms with Crippen molar-refractivity contribution in [3.05, 3.63) is 41.5 Å².